The number of morpholine rings is 1. The lowest BCUT2D eigenvalue weighted by atomic mass is 10.0. The molecular weight excluding hydrogens is 378 g/mol. The number of hydrogen-bond acceptors (Lipinski definition) is 5. The van der Waals surface area contributed by atoms with Crippen LogP contribution in [0.4, 0.5) is 0 Å². The molecule has 1 aliphatic heterocycles. The first-order valence-electron chi connectivity index (χ1n) is 9.66. The van der Waals surface area contributed by atoms with Crippen LogP contribution in [-0.4, -0.2) is 72.3 Å². The second-order valence-corrected chi connectivity index (χ2v) is 9.00. The van der Waals surface area contributed by atoms with Gasteiger partial charge < -0.3 is 15.4 Å². The Labute approximate surface area is 168 Å². The van der Waals surface area contributed by atoms with Gasteiger partial charge in [-0.1, -0.05) is 26.0 Å². The molecule has 9 heteroatoms. The monoisotopic (exact) mass is 411 g/mol. The third-order valence-electron chi connectivity index (χ3n) is 4.95. The van der Waals surface area contributed by atoms with Crippen LogP contribution >= 0.6 is 0 Å². The Morgan fingerprint density at radius 1 is 1.18 bits per heavy atom. The van der Waals surface area contributed by atoms with Crippen LogP contribution in [0.5, 0.6) is 0 Å². The van der Waals surface area contributed by atoms with E-state index < -0.39 is 10.0 Å². The molecule has 158 valence electrons. The molecule has 1 aromatic carbocycles. The minimum atomic E-state index is -3.41. The van der Waals surface area contributed by atoms with E-state index in [9.17, 15) is 8.42 Å². The SMILES string of the molecule is CN=C(NCc1ccc(S(=O)(=O)NC)cc1)NCC(C(C)C)N1CCOCC1. The molecule has 1 unspecified atom stereocenters. The number of nitrogens with one attached hydrogen (secondary N) is 3. The summed E-state index contributed by atoms with van der Waals surface area (Å²) in [5.74, 6) is 1.25. The summed E-state index contributed by atoms with van der Waals surface area (Å²) in [4.78, 5) is 7.02. The lowest BCUT2D eigenvalue weighted by molar-refractivity contribution is 0.00752. The summed E-state index contributed by atoms with van der Waals surface area (Å²) in [5, 5.41) is 6.70. The number of sulfonamides is 1. The number of aliphatic imine (C=N–C) groups is 1. The topological polar surface area (TPSA) is 95.1 Å². The van der Waals surface area contributed by atoms with Crippen molar-refractivity contribution >= 4 is 16.0 Å². The second kappa shape index (κ2) is 10.8. The third kappa shape index (κ3) is 6.44. The summed E-state index contributed by atoms with van der Waals surface area (Å²) in [6.45, 7) is 9.32. The summed E-state index contributed by atoms with van der Waals surface area (Å²) in [7, 11) is -0.256. The Kier molecular flexibility index (Phi) is 8.68. The van der Waals surface area contributed by atoms with Crippen molar-refractivity contribution < 1.29 is 13.2 Å². The molecule has 0 spiro atoms. The van der Waals surface area contributed by atoms with Gasteiger partial charge in [-0.2, -0.15) is 0 Å². The Hall–Kier alpha value is -1.68. The maximum absolute atomic E-state index is 11.8. The zero-order valence-corrected chi connectivity index (χ0v) is 18.1. The predicted octanol–water partition coefficient (Wildman–Crippen LogP) is 0.617. The van der Waals surface area contributed by atoms with E-state index in [1.54, 1.807) is 31.3 Å². The van der Waals surface area contributed by atoms with Crippen molar-refractivity contribution in [1.29, 1.82) is 0 Å². The van der Waals surface area contributed by atoms with Gasteiger partial charge in [0.25, 0.3) is 0 Å². The van der Waals surface area contributed by atoms with Gasteiger partial charge in [-0.05, 0) is 30.7 Å². The molecule has 1 fully saturated rings. The lowest BCUT2D eigenvalue weighted by Gasteiger charge is -2.37. The van der Waals surface area contributed by atoms with Crippen molar-refractivity contribution in [3.8, 4) is 0 Å². The molecule has 28 heavy (non-hydrogen) atoms. The predicted molar refractivity (Wildman–Crippen MR) is 112 cm³/mol. The van der Waals surface area contributed by atoms with Crippen LogP contribution in [0.25, 0.3) is 0 Å². The molecule has 0 saturated carbocycles. The van der Waals surface area contributed by atoms with Gasteiger partial charge in [-0.25, -0.2) is 13.1 Å². The van der Waals surface area contributed by atoms with Crippen molar-refractivity contribution in [1.82, 2.24) is 20.3 Å². The van der Waals surface area contributed by atoms with E-state index in [0.717, 1.165) is 44.4 Å². The average molecular weight is 412 g/mol. The fourth-order valence-electron chi connectivity index (χ4n) is 3.21. The fraction of sp³-hybridized carbons (Fsp3) is 0.632. The summed E-state index contributed by atoms with van der Waals surface area (Å²) in [6, 6.07) is 7.22. The van der Waals surface area contributed by atoms with Crippen molar-refractivity contribution in [2.24, 2.45) is 10.9 Å². The molecule has 1 aromatic rings. The number of guanidine groups is 1. The van der Waals surface area contributed by atoms with Gasteiger partial charge in [0.1, 0.15) is 0 Å². The van der Waals surface area contributed by atoms with Crippen molar-refractivity contribution in [2.45, 2.75) is 31.3 Å². The van der Waals surface area contributed by atoms with E-state index in [2.05, 4.69) is 39.1 Å². The van der Waals surface area contributed by atoms with Gasteiger partial charge in [-0.15, -0.1) is 0 Å². The number of ether oxygens (including phenoxy) is 1. The van der Waals surface area contributed by atoms with Crippen molar-refractivity contribution in [3.05, 3.63) is 29.8 Å². The van der Waals surface area contributed by atoms with Gasteiger partial charge >= 0.3 is 0 Å². The third-order valence-corrected chi connectivity index (χ3v) is 6.38. The standard InChI is InChI=1S/C19H33N5O3S/c1-15(2)18(24-9-11-27-12-10-24)14-23-19(20-3)22-13-16-5-7-17(8-6-16)28(25,26)21-4/h5-8,15,18,21H,9-14H2,1-4H3,(H2,20,22,23). The van der Waals surface area contributed by atoms with Gasteiger partial charge in [0.05, 0.1) is 18.1 Å². The molecule has 8 nitrogen and oxygen atoms in total. The summed E-state index contributed by atoms with van der Waals surface area (Å²) in [6.07, 6.45) is 0. The number of nitrogens with zero attached hydrogens (tertiary/aromatic N) is 2. The molecule has 0 amide bonds. The molecule has 1 heterocycles. The second-order valence-electron chi connectivity index (χ2n) is 7.12. The quantitative estimate of drug-likeness (QED) is 0.429. The molecule has 1 aliphatic rings. The van der Waals surface area contributed by atoms with E-state index in [-0.39, 0.29) is 4.90 Å². The van der Waals surface area contributed by atoms with Crippen LogP contribution in [-0.2, 0) is 21.3 Å². The van der Waals surface area contributed by atoms with Gasteiger partial charge in [-0.3, -0.25) is 9.89 Å². The Balaban J connectivity index is 1.88. The van der Waals surface area contributed by atoms with Gasteiger partial charge in [0.2, 0.25) is 10.0 Å². The minimum Gasteiger partial charge on any atom is -0.379 e. The molecule has 0 aliphatic carbocycles. The van der Waals surface area contributed by atoms with Crippen LogP contribution in [0.3, 0.4) is 0 Å². The first-order valence-corrected chi connectivity index (χ1v) is 11.1. The first-order chi connectivity index (χ1) is 13.4. The van der Waals surface area contributed by atoms with E-state index in [1.165, 1.54) is 7.05 Å². The molecule has 2 rings (SSSR count). The zero-order chi connectivity index (χ0) is 20.6. The van der Waals surface area contributed by atoms with E-state index in [4.69, 9.17) is 4.74 Å². The highest BCUT2D eigenvalue weighted by Gasteiger charge is 2.23. The van der Waals surface area contributed by atoms with E-state index in [0.29, 0.717) is 18.5 Å². The fourth-order valence-corrected chi connectivity index (χ4v) is 3.94. The largest absolute Gasteiger partial charge is 0.379 e. The highest BCUT2D eigenvalue weighted by molar-refractivity contribution is 7.89. The maximum Gasteiger partial charge on any atom is 0.240 e. The average Bonchev–Trinajstić information content (AvgIpc) is 2.71. The van der Waals surface area contributed by atoms with Crippen LogP contribution in [0.2, 0.25) is 0 Å². The first kappa shape index (κ1) is 22.6. The summed E-state index contributed by atoms with van der Waals surface area (Å²) < 4.78 is 31.4. The van der Waals surface area contributed by atoms with E-state index in [1.807, 2.05) is 0 Å². The molecule has 1 atom stereocenters. The molecule has 3 N–H and O–H groups in total. The lowest BCUT2D eigenvalue weighted by Crippen LogP contribution is -2.52. The smallest absolute Gasteiger partial charge is 0.240 e. The van der Waals surface area contributed by atoms with Crippen molar-refractivity contribution in [3.63, 3.8) is 0 Å². The Morgan fingerprint density at radius 2 is 1.82 bits per heavy atom. The summed E-state index contributed by atoms with van der Waals surface area (Å²) in [5.41, 5.74) is 0.978. The van der Waals surface area contributed by atoms with Crippen LogP contribution in [0.15, 0.2) is 34.2 Å². The highest BCUT2D eigenvalue weighted by Crippen LogP contribution is 2.12. The van der Waals surface area contributed by atoms with Crippen LogP contribution in [0, 0.1) is 5.92 Å². The van der Waals surface area contributed by atoms with Gasteiger partial charge in [0, 0.05) is 39.3 Å². The minimum absolute atomic E-state index is 0.256. The molecule has 0 aromatic heterocycles. The van der Waals surface area contributed by atoms with Gasteiger partial charge in [0.15, 0.2) is 5.96 Å². The molecule has 1 saturated heterocycles. The van der Waals surface area contributed by atoms with Crippen LogP contribution < -0.4 is 15.4 Å². The summed E-state index contributed by atoms with van der Waals surface area (Å²) >= 11 is 0. The Morgan fingerprint density at radius 3 is 2.36 bits per heavy atom. The number of benzene rings is 1. The molecule has 0 radical (unpaired) electrons. The zero-order valence-electron chi connectivity index (χ0n) is 17.2. The highest BCUT2D eigenvalue weighted by atomic mass is 32.2. The molecular formula is C19H33N5O3S. The van der Waals surface area contributed by atoms with Crippen LogP contribution in [0.1, 0.15) is 19.4 Å². The number of rotatable bonds is 8. The normalized spacial score (nSPS) is 17.5. The maximum atomic E-state index is 11.8. The van der Waals surface area contributed by atoms with Crippen molar-refractivity contribution in [2.75, 3.05) is 46.9 Å². The molecule has 0 bridgehead atoms. The number of hydrogen-bond donors (Lipinski definition) is 3. The van der Waals surface area contributed by atoms with E-state index >= 15 is 0 Å². The Bertz CT molecular complexity index is 728.